The van der Waals surface area contributed by atoms with E-state index in [2.05, 4.69) is 38.2 Å². The van der Waals surface area contributed by atoms with Crippen molar-refractivity contribution in [3.05, 3.63) is 52.5 Å². The molecule has 0 radical (unpaired) electrons. The Hall–Kier alpha value is -2.65. The van der Waals surface area contributed by atoms with Crippen molar-refractivity contribution in [1.82, 2.24) is 9.79 Å². The minimum atomic E-state index is -1.59. The molecule has 7 atom stereocenters. The van der Waals surface area contributed by atoms with Crippen LogP contribution in [0.1, 0.15) is 173 Å². The Bertz CT molecular complexity index is 1610. The highest BCUT2D eigenvalue weighted by Crippen LogP contribution is 2.39. The van der Waals surface area contributed by atoms with Gasteiger partial charge in [0.15, 0.2) is 17.7 Å². The van der Waals surface area contributed by atoms with Gasteiger partial charge in [0.1, 0.15) is 24.4 Å². The zero-order chi connectivity index (χ0) is 43.6. The SMILES string of the molecule is CCCCCCCCCCCC/C=C/[C@@H](O)[C@H](CO[C@@H]1OC(CO)[C@@H](O)C(O)C1O)NC(=O)CCCCCCCCCCC1=C2C(C)=CC(C)=[N+]2B(F)n2c(C)cc(C)c21. The van der Waals surface area contributed by atoms with Crippen LogP contribution in [0.4, 0.5) is 4.32 Å². The maximum Gasteiger partial charge on any atom is 0.846 e. The molecule has 13 heteroatoms. The highest BCUT2D eigenvalue weighted by Gasteiger charge is 2.51. The minimum absolute atomic E-state index is 0.216. The Morgan fingerprint density at radius 1 is 0.900 bits per heavy atom. The number of amides is 1. The first-order valence-electron chi connectivity index (χ1n) is 23.3. The highest BCUT2D eigenvalue weighted by molar-refractivity contribution is 6.43. The molecule has 338 valence electrons. The van der Waals surface area contributed by atoms with E-state index < -0.39 is 56.7 Å². The number of carbonyl (C=O) groups is 1. The maximum absolute atomic E-state index is 15.8. The zero-order valence-electron chi connectivity index (χ0n) is 37.4. The van der Waals surface area contributed by atoms with Gasteiger partial charge in [0.05, 0.1) is 25.4 Å². The zero-order valence-corrected chi connectivity index (χ0v) is 37.4. The topological polar surface area (TPSA) is 157 Å². The summed E-state index contributed by atoms with van der Waals surface area (Å²) >= 11 is 0. The van der Waals surface area contributed by atoms with Gasteiger partial charge in [-0.2, -0.15) is 0 Å². The van der Waals surface area contributed by atoms with E-state index in [1.54, 1.807) is 6.08 Å². The fourth-order valence-corrected chi connectivity index (χ4v) is 9.09. The van der Waals surface area contributed by atoms with Crippen molar-refractivity contribution in [2.45, 2.75) is 212 Å². The van der Waals surface area contributed by atoms with Crippen LogP contribution in [0.2, 0.25) is 0 Å². The molecule has 0 aliphatic carbocycles. The molecule has 1 fully saturated rings. The molecule has 11 nitrogen and oxygen atoms in total. The fourth-order valence-electron chi connectivity index (χ4n) is 9.09. The molecule has 1 aromatic heterocycles. The van der Waals surface area contributed by atoms with Crippen LogP contribution in [0.25, 0.3) is 5.57 Å². The predicted molar refractivity (Wildman–Crippen MR) is 237 cm³/mol. The quantitative estimate of drug-likeness (QED) is 0.0275. The minimum Gasteiger partial charge on any atom is -0.394 e. The molecule has 1 saturated heterocycles. The van der Waals surface area contributed by atoms with Gasteiger partial charge in [0, 0.05) is 42.0 Å². The highest BCUT2D eigenvalue weighted by atomic mass is 19.1. The number of aliphatic hydroxyl groups excluding tert-OH is 5. The summed E-state index contributed by atoms with van der Waals surface area (Å²) in [6.45, 7) is 9.57. The second-order valence-corrected chi connectivity index (χ2v) is 17.6. The van der Waals surface area contributed by atoms with Gasteiger partial charge in [-0.1, -0.05) is 115 Å². The number of halogens is 1. The van der Waals surface area contributed by atoms with E-state index in [9.17, 15) is 30.3 Å². The number of allylic oxidation sites excluding steroid dienone is 4. The lowest BCUT2D eigenvalue weighted by atomic mass is 9.88. The average Bonchev–Trinajstić information content (AvgIpc) is 3.70. The van der Waals surface area contributed by atoms with Gasteiger partial charge in [0.25, 0.3) is 0 Å². The van der Waals surface area contributed by atoms with Crippen molar-refractivity contribution in [3.8, 4) is 0 Å². The number of hydrogen-bond donors (Lipinski definition) is 6. The number of aromatic nitrogens is 1. The summed E-state index contributed by atoms with van der Waals surface area (Å²) in [5.74, 6) is -0.216. The van der Waals surface area contributed by atoms with Crippen molar-refractivity contribution >= 4 is 24.5 Å². The molecular formula is C47H78BFN3O8+. The van der Waals surface area contributed by atoms with Gasteiger partial charge in [-0.15, -0.1) is 0 Å². The smallest absolute Gasteiger partial charge is 0.394 e. The van der Waals surface area contributed by atoms with Gasteiger partial charge in [-0.05, 0) is 64.5 Å². The Morgan fingerprint density at radius 2 is 1.50 bits per heavy atom. The fraction of sp³-hybridized carbons (Fsp3) is 0.745. The average molecular weight is 843 g/mol. The number of aliphatic hydroxyl groups is 5. The Kier molecular flexibility index (Phi) is 21.7. The molecule has 3 unspecified atom stereocenters. The second-order valence-electron chi connectivity index (χ2n) is 17.6. The Labute approximate surface area is 360 Å². The number of fused-ring (bicyclic) bond motifs is 2. The summed E-state index contributed by atoms with van der Waals surface area (Å²) in [4.78, 5) is 13.1. The van der Waals surface area contributed by atoms with Gasteiger partial charge in [0.2, 0.25) is 5.91 Å². The van der Waals surface area contributed by atoms with Crippen LogP contribution in [0.5, 0.6) is 0 Å². The van der Waals surface area contributed by atoms with E-state index in [0.717, 1.165) is 105 Å². The van der Waals surface area contributed by atoms with E-state index in [4.69, 9.17) is 9.47 Å². The lowest BCUT2D eigenvalue weighted by Crippen LogP contribution is -2.60. The molecule has 4 heterocycles. The normalized spacial score (nSPS) is 22.8. The summed E-state index contributed by atoms with van der Waals surface area (Å²) in [6, 6.07) is 1.25. The van der Waals surface area contributed by atoms with E-state index in [1.165, 1.54) is 56.9 Å². The number of rotatable bonds is 29. The van der Waals surface area contributed by atoms with Crippen molar-refractivity contribution in [2.24, 2.45) is 0 Å². The second kappa shape index (κ2) is 26.1. The van der Waals surface area contributed by atoms with E-state index in [0.29, 0.717) is 12.8 Å². The Balaban J connectivity index is 1.16. The number of nitrogens with one attached hydrogen (secondary N) is 1. The Morgan fingerprint density at radius 3 is 2.13 bits per heavy atom. The molecule has 4 rings (SSSR count). The number of hydrogen-bond acceptors (Lipinski definition) is 8. The molecular weight excluding hydrogens is 764 g/mol. The van der Waals surface area contributed by atoms with Crippen molar-refractivity contribution in [1.29, 1.82) is 0 Å². The largest absolute Gasteiger partial charge is 0.846 e. The molecule has 0 saturated carbocycles. The number of ether oxygens (including phenoxy) is 2. The molecule has 3 aliphatic heterocycles. The number of aryl methyl sites for hydroxylation is 2. The predicted octanol–water partition coefficient (Wildman–Crippen LogP) is 7.50. The van der Waals surface area contributed by atoms with Crippen LogP contribution < -0.4 is 5.32 Å². The molecule has 0 spiro atoms. The molecule has 0 aromatic carbocycles. The monoisotopic (exact) mass is 843 g/mol. The van der Waals surface area contributed by atoms with Gasteiger partial charge >= 0.3 is 7.26 Å². The summed E-state index contributed by atoms with van der Waals surface area (Å²) in [7, 11) is -1.22. The van der Waals surface area contributed by atoms with Crippen LogP contribution >= 0.6 is 0 Å². The van der Waals surface area contributed by atoms with Crippen LogP contribution in [0, 0.1) is 13.8 Å². The van der Waals surface area contributed by atoms with Crippen LogP contribution in [0.15, 0.2) is 35.6 Å². The standard InChI is InChI=1S/C47H77BFN3O8/c1-6-7-8-9-10-11-12-13-14-18-21-24-27-39(54)38(32-59-47-46(58)45(57)44(56)40(31-53)60-47)50-41(55)28-25-22-19-16-15-17-20-23-26-37-42-33(2)29-35(4)51(42)48(49)52-36(5)30-34(3)43(37)52/h24,27,29-30,38-40,44-47,53-54,56-58H,6-23,25-26,28,31-32H2,1-5H3/p+1/b27-24+/t38-,39+,40?,44+,45?,46?,47+/m0/s1. The molecule has 60 heavy (non-hydrogen) atoms. The van der Waals surface area contributed by atoms with Gasteiger partial charge in [-0.3, -0.25) is 9.27 Å². The van der Waals surface area contributed by atoms with Crippen LogP contribution in [0.3, 0.4) is 0 Å². The molecule has 1 aromatic rings. The number of unbranched alkanes of at least 4 members (excludes halogenated alkanes) is 17. The first-order chi connectivity index (χ1) is 28.9. The van der Waals surface area contributed by atoms with E-state index >= 15 is 4.32 Å². The summed E-state index contributed by atoms with van der Waals surface area (Å²) in [6.07, 6.45) is 20.0. The first kappa shape index (κ1) is 50.0. The molecule has 3 aliphatic rings. The van der Waals surface area contributed by atoms with Crippen LogP contribution in [-0.2, 0) is 14.3 Å². The van der Waals surface area contributed by atoms with Crippen molar-refractivity contribution in [2.75, 3.05) is 13.2 Å². The van der Waals surface area contributed by atoms with Crippen molar-refractivity contribution < 1.29 is 48.6 Å². The van der Waals surface area contributed by atoms with Crippen molar-refractivity contribution in [3.63, 3.8) is 0 Å². The molecule has 6 N–H and O–H groups in total. The third kappa shape index (κ3) is 14.2. The van der Waals surface area contributed by atoms with Gasteiger partial charge in [-0.25, -0.2) is 8.80 Å². The summed E-state index contributed by atoms with van der Waals surface area (Å²) < 4.78 is 30.7. The maximum atomic E-state index is 15.8. The first-order valence-corrected chi connectivity index (χ1v) is 23.3. The number of carbonyl (C=O) groups excluding carboxylic acids is 1. The van der Waals surface area contributed by atoms with E-state index in [1.807, 2.05) is 28.9 Å². The van der Waals surface area contributed by atoms with Crippen LogP contribution in [-0.4, -0.2) is 109 Å². The van der Waals surface area contributed by atoms with E-state index in [-0.39, 0.29) is 12.5 Å². The summed E-state index contributed by atoms with van der Waals surface area (Å²) in [5.41, 5.74) is 7.47. The lowest BCUT2D eigenvalue weighted by Gasteiger charge is -2.40. The lowest BCUT2D eigenvalue weighted by molar-refractivity contribution is -0.337. The third-order valence-electron chi connectivity index (χ3n) is 12.5. The third-order valence-corrected chi connectivity index (χ3v) is 12.5. The number of nitrogens with zero attached hydrogens (tertiary/aromatic N) is 2. The summed E-state index contributed by atoms with van der Waals surface area (Å²) in [5, 5.41) is 54.4. The van der Waals surface area contributed by atoms with Gasteiger partial charge < -0.3 is 40.3 Å². The molecule has 1 amide bonds. The molecule has 0 bridgehead atoms.